The maximum atomic E-state index is 14.3. The largest absolute Gasteiger partial charge is 0.508 e. The standard InChI is InChI=1S/C22H23F2NO3.C21H19F2NO3/c1-22(2,3)20(27)21(28)25-12-14(17-11-15(23)7-8-18(17)24)10-19(25)13-5-4-6-16(26)9-13;22-15-6-7-18(23)17(10-15)14-9-19(13-2-1-3-16(25)8-13)24(11-14)21(27)20(26)12-4-5-12/h4-11,19-20,26-27H,12H2,1-3H3;1-3,6-10,12,19-20,25-26H,4-5,11H2/t19-,20+;19-,20-/m00/s1. The van der Waals surface area contributed by atoms with Crippen molar-refractivity contribution in [2.45, 2.75) is 57.9 Å². The molecule has 4 atom stereocenters. The van der Waals surface area contributed by atoms with E-state index in [9.17, 15) is 47.6 Å². The number of hydrogen-bond acceptors (Lipinski definition) is 6. The van der Waals surface area contributed by atoms with E-state index in [2.05, 4.69) is 0 Å². The average molecular weight is 759 g/mol. The minimum atomic E-state index is -1.27. The maximum absolute atomic E-state index is 14.3. The van der Waals surface area contributed by atoms with E-state index in [0.29, 0.717) is 22.3 Å². The summed E-state index contributed by atoms with van der Waals surface area (Å²) in [6, 6.07) is 18.0. The summed E-state index contributed by atoms with van der Waals surface area (Å²) in [6.07, 6.45) is 2.59. The Morgan fingerprint density at radius 1 is 0.655 bits per heavy atom. The van der Waals surface area contributed by atoms with Crippen molar-refractivity contribution in [3.8, 4) is 11.5 Å². The number of rotatable bonds is 7. The van der Waals surface area contributed by atoms with Gasteiger partial charge in [0.25, 0.3) is 11.8 Å². The minimum absolute atomic E-state index is 0.0205. The van der Waals surface area contributed by atoms with Crippen molar-refractivity contribution in [1.82, 2.24) is 9.80 Å². The Hall–Kier alpha value is -5.46. The van der Waals surface area contributed by atoms with E-state index < -0.39 is 64.8 Å². The normalized spacial score (nSPS) is 19.3. The number of phenolic OH excluding ortho intramolecular Hbond substituents is 2. The second kappa shape index (κ2) is 15.7. The quantitative estimate of drug-likeness (QED) is 0.145. The number of amides is 2. The van der Waals surface area contributed by atoms with E-state index in [-0.39, 0.29) is 41.6 Å². The molecule has 1 aliphatic carbocycles. The number of aliphatic hydroxyl groups excluding tert-OH is 2. The smallest absolute Gasteiger partial charge is 0.253 e. The van der Waals surface area contributed by atoms with Gasteiger partial charge in [-0.15, -0.1) is 0 Å². The molecule has 0 bridgehead atoms. The van der Waals surface area contributed by atoms with Crippen molar-refractivity contribution in [3.05, 3.63) is 143 Å². The Balaban J connectivity index is 0.000000187. The number of halogens is 4. The van der Waals surface area contributed by atoms with Crippen LogP contribution in [-0.2, 0) is 9.59 Å². The van der Waals surface area contributed by atoms with Gasteiger partial charge in [0.2, 0.25) is 0 Å². The lowest BCUT2D eigenvalue weighted by molar-refractivity contribution is -0.146. The van der Waals surface area contributed by atoms with Crippen molar-refractivity contribution in [1.29, 1.82) is 0 Å². The summed E-state index contributed by atoms with van der Waals surface area (Å²) in [5.41, 5.74) is 1.64. The fraction of sp³-hybridized carbons (Fsp3) is 0.302. The highest BCUT2D eigenvalue weighted by molar-refractivity contribution is 5.87. The summed E-state index contributed by atoms with van der Waals surface area (Å²) in [7, 11) is 0. The highest BCUT2D eigenvalue weighted by atomic mass is 19.1. The third-order valence-corrected chi connectivity index (χ3v) is 9.99. The van der Waals surface area contributed by atoms with E-state index in [1.165, 1.54) is 34.1 Å². The molecule has 1 fully saturated rings. The highest BCUT2D eigenvalue weighted by Gasteiger charge is 2.42. The summed E-state index contributed by atoms with van der Waals surface area (Å²) >= 11 is 0. The number of aromatic hydroxyl groups is 2. The van der Waals surface area contributed by atoms with Gasteiger partial charge in [-0.3, -0.25) is 9.59 Å². The van der Waals surface area contributed by atoms with Crippen LogP contribution in [0.25, 0.3) is 11.1 Å². The summed E-state index contributed by atoms with van der Waals surface area (Å²) in [5, 5.41) is 40.4. The number of aliphatic hydroxyl groups is 2. The maximum Gasteiger partial charge on any atom is 0.253 e. The topological polar surface area (TPSA) is 122 Å². The van der Waals surface area contributed by atoms with Crippen LogP contribution in [0.15, 0.2) is 97.1 Å². The molecule has 8 nitrogen and oxygen atoms in total. The van der Waals surface area contributed by atoms with Crippen LogP contribution in [0.2, 0.25) is 0 Å². The zero-order valence-electron chi connectivity index (χ0n) is 30.5. The van der Waals surface area contributed by atoms with Gasteiger partial charge in [0.15, 0.2) is 0 Å². The van der Waals surface area contributed by atoms with Crippen molar-refractivity contribution >= 4 is 23.0 Å². The third-order valence-electron chi connectivity index (χ3n) is 9.99. The predicted molar refractivity (Wildman–Crippen MR) is 198 cm³/mol. The van der Waals surface area contributed by atoms with Gasteiger partial charge in [-0.25, -0.2) is 17.6 Å². The van der Waals surface area contributed by atoms with Crippen LogP contribution < -0.4 is 0 Å². The summed E-state index contributed by atoms with van der Waals surface area (Å²) < 4.78 is 55.8. The first kappa shape index (κ1) is 39.2. The van der Waals surface area contributed by atoms with E-state index in [1.54, 1.807) is 57.2 Å². The zero-order valence-corrected chi connectivity index (χ0v) is 30.5. The molecule has 1 saturated carbocycles. The van der Waals surface area contributed by atoms with Crippen molar-refractivity contribution in [2.24, 2.45) is 11.3 Å². The molecule has 288 valence electrons. The number of phenols is 2. The Morgan fingerprint density at radius 2 is 1.09 bits per heavy atom. The second-order valence-electron chi connectivity index (χ2n) is 15.2. The Labute approximate surface area is 316 Å². The number of carbonyl (C=O) groups is 2. The van der Waals surface area contributed by atoms with Gasteiger partial charge in [-0.2, -0.15) is 0 Å². The monoisotopic (exact) mass is 758 g/mol. The molecule has 3 aliphatic rings. The van der Waals surface area contributed by atoms with E-state index in [4.69, 9.17) is 0 Å². The Bertz CT molecular complexity index is 2160. The fourth-order valence-corrected chi connectivity index (χ4v) is 6.78. The summed E-state index contributed by atoms with van der Waals surface area (Å²) in [5.74, 6) is -3.23. The average Bonchev–Trinajstić information content (AvgIpc) is 3.75. The molecule has 7 rings (SSSR count). The van der Waals surface area contributed by atoms with E-state index >= 15 is 0 Å². The van der Waals surface area contributed by atoms with Crippen LogP contribution in [0, 0.1) is 34.6 Å². The first-order valence-electron chi connectivity index (χ1n) is 17.9. The molecule has 4 N–H and O–H groups in total. The van der Waals surface area contributed by atoms with Gasteiger partial charge in [0.05, 0.1) is 12.1 Å². The third kappa shape index (κ3) is 8.76. The SMILES string of the molecule is CC(C)(C)[C@H](O)C(=O)N1CC(c2cc(F)ccc2F)=C[C@H]1c1cccc(O)c1.O=C([C@@H](O)C1CC1)N1CC(c2cc(F)ccc2F)=C[C@H]1c1cccc(O)c1. The molecular weight excluding hydrogens is 716 g/mol. The van der Waals surface area contributed by atoms with Gasteiger partial charge < -0.3 is 30.2 Å². The van der Waals surface area contributed by atoms with Gasteiger partial charge in [-0.05, 0) is 107 Å². The zero-order chi connectivity index (χ0) is 39.8. The molecule has 0 spiro atoms. The Morgan fingerprint density at radius 3 is 1.49 bits per heavy atom. The summed E-state index contributed by atoms with van der Waals surface area (Å²) in [4.78, 5) is 28.7. The summed E-state index contributed by atoms with van der Waals surface area (Å²) in [6.45, 7) is 5.32. The molecule has 12 heteroatoms. The predicted octanol–water partition coefficient (Wildman–Crippen LogP) is 7.45. The molecule has 4 aromatic carbocycles. The molecule has 55 heavy (non-hydrogen) atoms. The van der Waals surface area contributed by atoms with Crippen LogP contribution in [0.5, 0.6) is 11.5 Å². The molecule has 2 aliphatic heterocycles. The lowest BCUT2D eigenvalue weighted by Crippen LogP contribution is -2.45. The van der Waals surface area contributed by atoms with E-state index in [1.807, 2.05) is 0 Å². The van der Waals surface area contributed by atoms with Crippen LogP contribution in [0.4, 0.5) is 17.6 Å². The van der Waals surface area contributed by atoms with Crippen LogP contribution in [0.3, 0.4) is 0 Å². The molecule has 0 saturated heterocycles. The first-order valence-corrected chi connectivity index (χ1v) is 17.9. The number of hydrogen-bond donors (Lipinski definition) is 4. The first-order chi connectivity index (χ1) is 26.0. The minimum Gasteiger partial charge on any atom is -0.508 e. The van der Waals surface area contributed by atoms with Crippen molar-refractivity contribution in [2.75, 3.05) is 13.1 Å². The number of benzene rings is 4. The lowest BCUT2D eigenvalue weighted by atomic mass is 9.88. The fourth-order valence-electron chi connectivity index (χ4n) is 6.78. The molecule has 0 aromatic heterocycles. The number of nitrogens with zero attached hydrogens (tertiary/aromatic N) is 2. The molecular formula is C43H42F4N2O6. The lowest BCUT2D eigenvalue weighted by Gasteiger charge is -2.32. The molecule has 4 aromatic rings. The van der Waals surface area contributed by atoms with Crippen LogP contribution in [-0.4, -0.2) is 67.3 Å². The van der Waals surface area contributed by atoms with Gasteiger partial charge in [0, 0.05) is 24.2 Å². The Kier molecular flexibility index (Phi) is 11.2. The van der Waals surface area contributed by atoms with Crippen molar-refractivity contribution in [3.63, 3.8) is 0 Å². The molecule has 0 radical (unpaired) electrons. The molecule has 0 unspecified atom stereocenters. The highest BCUT2D eigenvalue weighted by Crippen LogP contribution is 2.41. The van der Waals surface area contributed by atoms with Crippen LogP contribution >= 0.6 is 0 Å². The second-order valence-corrected chi connectivity index (χ2v) is 15.2. The van der Waals surface area contributed by atoms with Gasteiger partial charge in [0.1, 0.15) is 47.0 Å². The van der Waals surface area contributed by atoms with Gasteiger partial charge in [-0.1, -0.05) is 57.2 Å². The molecule has 2 amide bonds. The van der Waals surface area contributed by atoms with Crippen LogP contribution in [0.1, 0.15) is 68.0 Å². The molecule has 2 heterocycles. The van der Waals surface area contributed by atoms with Gasteiger partial charge >= 0.3 is 0 Å². The van der Waals surface area contributed by atoms with E-state index in [0.717, 1.165) is 49.2 Å². The van der Waals surface area contributed by atoms with Crippen molar-refractivity contribution < 1.29 is 47.6 Å². The number of carbonyl (C=O) groups excluding carboxylic acids is 2.